The minimum absolute atomic E-state index is 0. The van der Waals surface area contributed by atoms with Crippen molar-refractivity contribution < 1.29 is 21.9 Å². The van der Waals surface area contributed by atoms with Gasteiger partial charge in [0.15, 0.2) is 0 Å². The molecule has 0 amide bonds. The first-order valence-corrected chi connectivity index (χ1v) is 8.29. The minimum Gasteiger partial charge on any atom is -0.400 e. The molecule has 3 N–H and O–H groups in total. The molecule has 5 rings (SSSR count). The van der Waals surface area contributed by atoms with Gasteiger partial charge in [0.2, 0.25) is 0 Å². The molecule has 3 aromatic heterocycles. The number of aliphatic hydroxyl groups excluding tert-OH is 1. The van der Waals surface area contributed by atoms with Crippen molar-refractivity contribution in [1.29, 1.82) is 0 Å². The van der Waals surface area contributed by atoms with Gasteiger partial charge in [-0.05, 0) is 72.8 Å². The summed E-state index contributed by atoms with van der Waals surface area (Å²) in [7, 11) is 1.00. The van der Waals surface area contributed by atoms with Crippen molar-refractivity contribution in [1.82, 2.24) is 19.9 Å². The van der Waals surface area contributed by atoms with Crippen molar-refractivity contribution >= 4 is 46.4 Å². The summed E-state index contributed by atoms with van der Waals surface area (Å²) < 4.78 is 0. The molecule has 3 aromatic rings. The third kappa shape index (κ3) is 4.25. The molecule has 0 atom stereocenters. The summed E-state index contributed by atoms with van der Waals surface area (Å²) in [6.45, 7) is 0. The number of aliphatic hydroxyl groups is 1. The summed E-state index contributed by atoms with van der Waals surface area (Å²) in [6, 6.07) is 16.4. The maximum absolute atomic E-state index is 7.00. The number of fused-ring (bicyclic) bond motifs is 8. The van der Waals surface area contributed by atoms with E-state index >= 15 is 0 Å². The predicted molar refractivity (Wildman–Crippen MR) is 107 cm³/mol. The van der Waals surface area contributed by atoms with Gasteiger partial charge in [-0.25, -0.2) is 9.97 Å². The predicted octanol–water partition coefficient (Wildman–Crippen LogP) is 4.26. The van der Waals surface area contributed by atoms with Crippen molar-refractivity contribution in [3.05, 3.63) is 71.3 Å². The Morgan fingerprint density at radius 3 is 1.30 bits per heavy atom. The molecule has 0 saturated carbocycles. The van der Waals surface area contributed by atoms with E-state index in [1.54, 1.807) is 0 Å². The molecular formula is C21H18CoN4O. The second-order valence-corrected chi connectivity index (χ2v) is 5.91. The van der Waals surface area contributed by atoms with Gasteiger partial charge in [-0.2, -0.15) is 0 Å². The molecule has 6 heteroatoms. The van der Waals surface area contributed by atoms with Gasteiger partial charge >= 0.3 is 0 Å². The average molecular weight is 401 g/mol. The number of H-pyrrole nitrogens is 2. The maximum Gasteiger partial charge on any atom is 0.0659 e. The van der Waals surface area contributed by atoms with Gasteiger partial charge < -0.3 is 15.1 Å². The van der Waals surface area contributed by atoms with Crippen LogP contribution in [0.1, 0.15) is 22.8 Å². The van der Waals surface area contributed by atoms with E-state index in [-0.39, 0.29) is 16.8 Å². The van der Waals surface area contributed by atoms with E-state index in [2.05, 4.69) is 50.3 Å². The summed E-state index contributed by atoms with van der Waals surface area (Å²) in [5.74, 6) is 0. The van der Waals surface area contributed by atoms with E-state index in [1.165, 1.54) is 0 Å². The van der Waals surface area contributed by atoms with Crippen LogP contribution in [0, 0.1) is 0 Å². The quantitative estimate of drug-likeness (QED) is 0.363. The number of aromatic amines is 2. The van der Waals surface area contributed by atoms with Crippen molar-refractivity contribution in [3.8, 4) is 0 Å². The Morgan fingerprint density at radius 1 is 0.556 bits per heavy atom. The Morgan fingerprint density at radius 2 is 0.889 bits per heavy atom. The van der Waals surface area contributed by atoms with Gasteiger partial charge in [-0.15, -0.1) is 0 Å². The standard InChI is InChI=1S/C20H14N4.CH4O.Co/c1-2-14-10-16-5-6-18(23-16)12-20-8-7-19(24-20)11-17-4-3-15(22-17)9-13(1)21-14;1-2;/h1-12,21-22H;2H,1H3;. The van der Waals surface area contributed by atoms with Gasteiger partial charge in [0.1, 0.15) is 0 Å². The molecule has 0 spiro atoms. The van der Waals surface area contributed by atoms with Crippen LogP contribution in [0.3, 0.4) is 0 Å². The molecule has 0 aliphatic carbocycles. The van der Waals surface area contributed by atoms with E-state index in [4.69, 9.17) is 5.11 Å². The first-order valence-electron chi connectivity index (χ1n) is 8.29. The zero-order chi connectivity index (χ0) is 17.9. The summed E-state index contributed by atoms with van der Waals surface area (Å²) in [4.78, 5) is 16.0. The van der Waals surface area contributed by atoms with Crippen LogP contribution in [-0.4, -0.2) is 32.2 Å². The second kappa shape index (κ2) is 8.17. The van der Waals surface area contributed by atoms with E-state index in [0.29, 0.717) is 0 Å². The smallest absolute Gasteiger partial charge is 0.0659 e. The van der Waals surface area contributed by atoms with Crippen LogP contribution in [0.4, 0.5) is 0 Å². The third-order valence-corrected chi connectivity index (χ3v) is 4.04. The molecule has 137 valence electrons. The average Bonchev–Trinajstić information content (AvgIpc) is 3.42. The molecule has 5 heterocycles. The molecule has 8 bridgehead atoms. The number of hydrogen-bond donors (Lipinski definition) is 3. The Balaban J connectivity index is 0.000000680. The summed E-state index contributed by atoms with van der Waals surface area (Å²) in [5.41, 5.74) is 7.86. The largest absolute Gasteiger partial charge is 0.400 e. The Labute approximate surface area is 166 Å². The minimum atomic E-state index is 0. The SMILES string of the molecule is C1=Cc2cc3ccc(cc4ccc(cc5nc(cc1n2)C=C5)[nH]4)[nH]3.CO.[Co]. The van der Waals surface area contributed by atoms with Crippen molar-refractivity contribution in [3.63, 3.8) is 0 Å². The Bertz CT molecular complexity index is 1080. The topological polar surface area (TPSA) is 77.6 Å². The molecule has 0 unspecified atom stereocenters. The van der Waals surface area contributed by atoms with Crippen LogP contribution in [0.2, 0.25) is 0 Å². The number of nitrogens with one attached hydrogen (secondary N) is 2. The van der Waals surface area contributed by atoms with Crippen LogP contribution >= 0.6 is 0 Å². The zero-order valence-corrected chi connectivity index (χ0v) is 15.6. The third-order valence-electron chi connectivity index (χ3n) is 4.04. The van der Waals surface area contributed by atoms with Crippen LogP contribution < -0.4 is 0 Å². The number of rotatable bonds is 0. The van der Waals surface area contributed by atoms with Gasteiger partial charge in [0.05, 0.1) is 22.8 Å². The second-order valence-electron chi connectivity index (χ2n) is 5.91. The van der Waals surface area contributed by atoms with Crippen LogP contribution in [-0.2, 0) is 16.8 Å². The first kappa shape index (κ1) is 18.8. The zero-order valence-electron chi connectivity index (χ0n) is 14.6. The molecular weight excluding hydrogens is 383 g/mol. The number of nitrogens with zero attached hydrogens (tertiary/aromatic N) is 2. The van der Waals surface area contributed by atoms with Crippen LogP contribution in [0.15, 0.2) is 48.5 Å². The molecule has 0 fully saturated rings. The fourth-order valence-electron chi connectivity index (χ4n) is 2.94. The summed E-state index contributed by atoms with van der Waals surface area (Å²) in [5, 5.41) is 7.00. The molecule has 0 aromatic carbocycles. The van der Waals surface area contributed by atoms with Gasteiger partial charge in [0.25, 0.3) is 0 Å². The van der Waals surface area contributed by atoms with E-state index < -0.39 is 0 Å². The van der Waals surface area contributed by atoms with E-state index in [9.17, 15) is 0 Å². The fraction of sp³-hybridized carbons (Fsp3) is 0.0476. The van der Waals surface area contributed by atoms with Gasteiger partial charge in [0, 0.05) is 46.0 Å². The summed E-state index contributed by atoms with van der Waals surface area (Å²) >= 11 is 0. The first-order chi connectivity index (χ1) is 12.8. The number of aromatic nitrogens is 4. The molecule has 2 aliphatic rings. The number of hydrogen-bond acceptors (Lipinski definition) is 3. The molecule has 0 saturated heterocycles. The van der Waals surface area contributed by atoms with Crippen LogP contribution in [0.5, 0.6) is 0 Å². The van der Waals surface area contributed by atoms with Gasteiger partial charge in [-0.1, -0.05) is 0 Å². The van der Waals surface area contributed by atoms with Crippen molar-refractivity contribution in [2.24, 2.45) is 0 Å². The monoisotopic (exact) mass is 401 g/mol. The molecule has 5 nitrogen and oxygen atoms in total. The van der Waals surface area contributed by atoms with E-state index in [0.717, 1.165) is 52.0 Å². The van der Waals surface area contributed by atoms with Crippen molar-refractivity contribution in [2.75, 3.05) is 7.11 Å². The molecule has 27 heavy (non-hydrogen) atoms. The van der Waals surface area contributed by atoms with Gasteiger partial charge in [-0.3, -0.25) is 0 Å². The molecule has 2 aliphatic heterocycles. The Kier molecular flexibility index (Phi) is 5.71. The summed E-state index contributed by atoms with van der Waals surface area (Å²) in [6.07, 6.45) is 8.05. The molecule has 1 radical (unpaired) electrons. The van der Waals surface area contributed by atoms with E-state index in [1.807, 2.05) is 42.5 Å². The van der Waals surface area contributed by atoms with Crippen molar-refractivity contribution in [2.45, 2.75) is 0 Å². The fourth-order valence-corrected chi connectivity index (χ4v) is 2.94. The normalized spacial score (nSPS) is 11.5. The maximum atomic E-state index is 7.00. The Hall–Kier alpha value is -2.93. The van der Waals surface area contributed by atoms with Crippen LogP contribution in [0.25, 0.3) is 46.4 Å².